The number of para-hydroxylation sites is 1. The number of fused-ring (bicyclic) bond motifs is 1. The normalized spacial score (nSPS) is 15.6. The van der Waals surface area contributed by atoms with Gasteiger partial charge < -0.3 is 4.74 Å². The summed E-state index contributed by atoms with van der Waals surface area (Å²) in [6.07, 6.45) is 0.956. The van der Waals surface area contributed by atoms with Gasteiger partial charge >= 0.3 is 0 Å². The second kappa shape index (κ2) is 5.34. The molecule has 0 fully saturated rings. The van der Waals surface area contributed by atoms with E-state index in [4.69, 9.17) is 4.74 Å². The van der Waals surface area contributed by atoms with Crippen LogP contribution in [0.4, 0.5) is 0 Å². The van der Waals surface area contributed by atoms with Gasteiger partial charge in [-0.1, -0.05) is 78.9 Å². The average molecular weight is 286 g/mol. The molecule has 0 saturated carbocycles. The first kappa shape index (κ1) is 13.1. The van der Waals surface area contributed by atoms with E-state index in [9.17, 15) is 0 Å². The Morgan fingerprint density at radius 3 is 1.82 bits per heavy atom. The molecule has 0 spiro atoms. The highest BCUT2D eigenvalue weighted by molar-refractivity contribution is 5.56. The van der Waals surface area contributed by atoms with Gasteiger partial charge in [-0.05, 0) is 23.6 Å². The van der Waals surface area contributed by atoms with Crippen LogP contribution in [0.15, 0.2) is 84.9 Å². The number of hydrogen-bond acceptors (Lipinski definition) is 1. The van der Waals surface area contributed by atoms with Crippen LogP contribution in [0, 0.1) is 0 Å². The molecule has 0 unspecified atom stereocenters. The summed E-state index contributed by atoms with van der Waals surface area (Å²) in [5.41, 5.74) is 3.80. The fraction of sp³-hybridized carbons (Fsp3) is 0.143. The van der Waals surface area contributed by atoms with E-state index in [0.717, 1.165) is 18.8 Å². The highest BCUT2D eigenvalue weighted by atomic mass is 16.5. The van der Waals surface area contributed by atoms with Crippen LogP contribution in [0.5, 0.6) is 5.75 Å². The molecule has 0 aliphatic carbocycles. The van der Waals surface area contributed by atoms with Crippen LogP contribution >= 0.6 is 0 Å². The highest BCUT2D eigenvalue weighted by Crippen LogP contribution is 2.48. The van der Waals surface area contributed by atoms with Crippen LogP contribution < -0.4 is 4.74 Å². The Bertz CT molecular complexity index is 723. The molecule has 0 aromatic heterocycles. The van der Waals surface area contributed by atoms with Crippen molar-refractivity contribution in [2.24, 2.45) is 0 Å². The van der Waals surface area contributed by atoms with Crippen molar-refractivity contribution in [2.75, 3.05) is 6.61 Å². The molecule has 1 nitrogen and oxygen atoms in total. The van der Waals surface area contributed by atoms with Crippen molar-refractivity contribution in [3.05, 3.63) is 102 Å². The second-order valence-electron chi connectivity index (χ2n) is 5.73. The molecule has 1 aliphatic rings. The Hall–Kier alpha value is -2.54. The molecule has 0 radical (unpaired) electrons. The van der Waals surface area contributed by atoms with Gasteiger partial charge in [-0.25, -0.2) is 0 Å². The van der Waals surface area contributed by atoms with E-state index in [2.05, 4.69) is 78.9 Å². The van der Waals surface area contributed by atoms with E-state index >= 15 is 0 Å². The van der Waals surface area contributed by atoms with Crippen molar-refractivity contribution in [2.45, 2.75) is 11.8 Å². The summed E-state index contributed by atoms with van der Waals surface area (Å²) in [6.45, 7) is 0.737. The maximum atomic E-state index is 5.92. The minimum absolute atomic E-state index is 0.128. The van der Waals surface area contributed by atoms with E-state index in [1.807, 2.05) is 6.07 Å². The predicted octanol–water partition coefficient (Wildman–Crippen LogP) is 4.80. The van der Waals surface area contributed by atoms with E-state index in [-0.39, 0.29) is 5.41 Å². The number of rotatable bonds is 2. The van der Waals surface area contributed by atoms with Gasteiger partial charge in [0.1, 0.15) is 5.75 Å². The summed E-state index contributed by atoms with van der Waals surface area (Å²) in [7, 11) is 0. The van der Waals surface area contributed by atoms with Gasteiger partial charge in [0, 0.05) is 5.56 Å². The number of hydrogen-bond donors (Lipinski definition) is 0. The lowest BCUT2D eigenvalue weighted by Gasteiger charge is -2.40. The third kappa shape index (κ3) is 1.93. The van der Waals surface area contributed by atoms with Gasteiger partial charge in [0.2, 0.25) is 0 Å². The van der Waals surface area contributed by atoms with Gasteiger partial charge in [-0.3, -0.25) is 0 Å². The van der Waals surface area contributed by atoms with Gasteiger partial charge in [-0.2, -0.15) is 0 Å². The summed E-state index contributed by atoms with van der Waals surface area (Å²) in [6, 6.07) is 30.0. The monoisotopic (exact) mass is 286 g/mol. The molecule has 0 bridgehead atoms. The summed E-state index contributed by atoms with van der Waals surface area (Å²) < 4.78 is 5.92. The quantitative estimate of drug-likeness (QED) is 0.657. The molecule has 22 heavy (non-hydrogen) atoms. The molecular formula is C21H18O. The molecular weight excluding hydrogens is 268 g/mol. The topological polar surface area (TPSA) is 9.23 Å². The Morgan fingerprint density at radius 1 is 0.636 bits per heavy atom. The zero-order chi connectivity index (χ0) is 14.8. The molecule has 108 valence electrons. The fourth-order valence-electron chi connectivity index (χ4n) is 3.61. The third-order valence-electron chi connectivity index (χ3n) is 4.61. The predicted molar refractivity (Wildman–Crippen MR) is 89.3 cm³/mol. The summed E-state index contributed by atoms with van der Waals surface area (Å²) in [4.78, 5) is 0. The molecule has 1 heteroatoms. The number of benzene rings is 3. The van der Waals surface area contributed by atoms with E-state index in [1.54, 1.807) is 0 Å². The molecule has 0 saturated heterocycles. The molecule has 3 aromatic rings. The van der Waals surface area contributed by atoms with Crippen LogP contribution in [0.1, 0.15) is 23.1 Å². The largest absolute Gasteiger partial charge is 0.493 e. The first-order valence-electron chi connectivity index (χ1n) is 7.75. The van der Waals surface area contributed by atoms with Crippen molar-refractivity contribution in [3.8, 4) is 5.75 Å². The first-order valence-corrected chi connectivity index (χ1v) is 7.75. The number of ether oxygens (including phenoxy) is 1. The molecule has 3 aromatic carbocycles. The zero-order valence-corrected chi connectivity index (χ0v) is 12.4. The molecule has 0 N–H and O–H groups in total. The molecule has 4 rings (SSSR count). The highest BCUT2D eigenvalue weighted by Gasteiger charge is 2.40. The second-order valence-corrected chi connectivity index (χ2v) is 5.73. The molecule has 1 heterocycles. The van der Waals surface area contributed by atoms with Crippen molar-refractivity contribution in [1.29, 1.82) is 0 Å². The van der Waals surface area contributed by atoms with Gasteiger partial charge in [0.25, 0.3) is 0 Å². The summed E-state index contributed by atoms with van der Waals surface area (Å²) >= 11 is 0. The van der Waals surface area contributed by atoms with E-state index < -0.39 is 0 Å². The van der Waals surface area contributed by atoms with Crippen molar-refractivity contribution >= 4 is 0 Å². The Labute approximate surface area is 131 Å². The van der Waals surface area contributed by atoms with Crippen LogP contribution in [0.2, 0.25) is 0 Å². The van der Waals surface area contributed by atoms with Crippen LogP contribution in [-0.2, 0) is 5.41 Å². The fourth-order valence-corrected chi connectivity index (χ4v) is 3.61. The maximum Gasteiger partial charge on any atom is 0.123 e. The lowest BCUT2D eigenvalue weighted by Crippen LogP contribution is -2.35. The van der Waals surface area contributed by atoms with Crippen molar-refractivity contribution in [3.63, 3.8) is 0 Å². The zero-order valence-electron chi connectivity index (χ0n) is 12.4. The first-order chi connectivity index (χ1) is 10.9. The van der Waals surface area contributed by atoms with Gasteiger partial charge in [0.15, 0.2) is 0 Å². The molecule has 0 amide bonds. The maximum absolute atomic E-state index is 5.92. The van der Waals surface area contributed by atoms with E-state index in [1.165, 1.54) is 16.7 Å². The van der Waals surface area contributed by atoms with Gasteiger partial charge in [0.05, 0.1) is 12.0 Å². The van der Waals surface area contributed by atoms with Crippen LogP contribution in [0.3, 0.4) is 0 Å². The van der Waals surface area contributed by atoms with Crippen LogP contribution in [-0.4, -0.2) is 6.61 Å². The van der Waals surface area contributed by atoms with Crippen LogP contribution in [0.25, 0.3) is 0 Å². The standard InChI is InChI=1S/C21H18O/c1-3-9-17(10-4-1)21(18-11-5-2-6-12-18)15-16-22-20-14-8-7-13-19(20)21/h1-14H,15-16H2. The smallest absolute Gasteiger partial charge is 0.123 e. The van der Waals surface area contributed by atoms with Gasteiger partial charge in [-0.15, -0.1) is 0 Å². The minimum atomic E-state index is -0.128. The summed E-state index contributed by atoms with van der Waals surface area (Å²) in [5, 5.41) is 0. The Morgan fingerprint density at radius 2 is 1.18 bits per heavy atom. The van der Waals surface area contributed by atoms with Crippen molar-refractivity contribution in [1.82, 2.24) is 0 Å². The molecule has 0 atom stereocenters. The SMILES string of the molecule is c1ccc(C2(c3ccccc3)CCOc3ccccc32)cc1. The third-order valence-corrected chi connectivity index (χ3v) is 4.61. The van der Waals surface area contributed by atoms with Crippen molar-refractivity contribution < 1.29 is 4.74 Å². The Kier molecular flexibility index (Phi) is 3.19. The lowest BCUT2D eigenvalue weighted by molar-refractivity contribution is 0.252. The average Bonchev–Trinajstić information content (AvgIpc) is 2.63. The van der Waals surface area contributed by atoms with E-state index in [0.29, 0.717) is 0 Å². The molecule has 1 aliphatic heterocycles. The Balaban J connectivity index is 2.04. The summed E-state index contributed by atoms with van der Waals surface area (Å²) in [5.74, 6) is 1.00. The lowest BCUT2D eigenvalue weighted by atomic mass is 9.66. The minimum Gasteiger partial charge on any atom is -0.493 e.